The molecule has 3 rings (SSSR count). The second-order valence-electron chi connectivity index (χ2n) is 4.91. The molecule has 0 aliphatic heterocycles. The highest BCUT2D eigenvalue weighted by Crippen LogP contribution is 2.24. The lowest BCUT2D eigenvalue weighted by atomic mass is 10.1. The molecule has 1 atom stereocenters. The molecule has 3 aromatic rings. The van der Waals surface area contributed by atoms with Crippen molar-refractivity contribution in [1.82, 2.24) is 20.2 Å². The first-order valence-electron chi connectivity index (χ1n) is 6.78. The van der Waals surface area contributed by atoms with Crippen LogP contribution in [0.5, 0.6) is 0 Å². The highest BCUT2D eigenvalue weighted by Gasteiger charge is 2.20. The SMILES string of the molecule is Cc1cc(Nc2ccnc(C(O)c3cccc(F)c3F)n2)n[nH]1. The van der Waals surface area contributed by atoms with Crippen molar-refractivity contribution in [2.24, 2.45) is 0 Å². The highest BCUT2D eigenvalue weighted by atomic mass is 19.2. The number of H-pyrrole nitrogens is 1. The van der Waals surface area contributed by atoms with E-state index in [4.69, 9.17) is 0 Å². The number of anilines is 2. The smallest absolute Gasteiger partial charge is 0.165 e. The van der Waals surface area contributed by atoms with Crippen molar-refractivity contribution in [2.75, 3.05) is 5.32 Å². The monoisotopic (exact) mass is 317 g/mol. The largest absolute Gasteiger partial charge is 0.380 e. The van der Waals surface area contributed by atoms with Crippen LogP contribution < -0.4 is 5.32 Å². The van der Waals surface area contributed by atoms with Crippen molar-refractivity contribution in [1.29, 1.82) is 0 Å². The molecule has 23 heavy (non-hydrogen) atoms. The number of hydrogen-bond acceptors (Lipinski definition) is 5. The van der Waals surface area contributed by atoms with Crippen molar-refractivity contribution in [2.45, 2.75) is 13.0 Å². The molecular formula is C15H13F2N5O. The van der Waals surface area contributed by atoms with Gasteiger partial charge in [0.2, 0.25) is 0 Å². The van der Waals surface area contributed by atoms with Crippen molar-refractivity contribution in [3.05, 3.63) is 65.2 Å². The van der Waals surface area contributed by atoms with E-state index in [9.17, 15) is 13.9 Å². The summed E-state index contributed by atoms with van der Waals surface area (Å²) in [5, 5.41) is 19.9. The molecule has 2 aromatic heterocycles. The van der Waals surface area contributed by atoms with Gasteiger partial charge in [0.25, 0.3) is 0 Å². The Hall–Kier alpha value is -2.87. The molecule has 1 aromatic carbocycles. The zero-order valence-electron chi connectivity index (χ0n) is 12.1. The summed E-state index contributed by atoms with van der Waals surface area (Å²) < 4.78 is 27.0. The van der Waals surface area contributed by atoms with Gasteiger partial charge in [0, 0.05) is 23.5 Å². The van der Waals surface area contributed by atoms with Gasteiger partial charge < -0.3 is 10.4 Å². The molecule has 6 nitrogen and oxygen atoms in total. The number of nitrogens with one attached hydrogen (secondary N) is 2. The van der Waals surface area contributed by atoms with Gasteiger partial charge in [-0.2, -0.15) is 5.10 Å². The first kappa shape index (κ1) is 15.0. The molecule has 0 aliphatic rings. The summed E-state index contributed by atoms with van der Waals surface area (Å²) in [5.41, 5.74) is 0.640. The lowest BCUT2D eigenvalue weighted by Crippen LogP contribution is -2.09. The molecule has 8 heteroatoms. The van der Waals surface area contributed by atoms with Gasteiger partial charge in [0.15, 0.2) is 23.3 Å². The Morgan fingerprint density at radius 2 is 2.04 bits per heavy atom. The number of hydrogen-bond donors (Lipinski definition) is 3. The minimum absolute atomic E-state index is 0.0493. The summed E-state index contributed by atoms with van der Waals surface area (Å²) in [4.78, 5) is 8.02. The number of benzene rings is 1. The third-order valence-electron chi connectivity index (χ3n) is 3.16. The van der Waals surface area contributed by atoms with Crippen LogP contribution in [0.25, 0.3) is 0 Å². The van der Waals surface area contributed by atoms with Crippen LogP contribution in [0.4, 0.5) is 20.4 Å². The Balaban J connectivity index is 1.88. The summed E-state index contributed by atoms with van der Waals surface area (Å²) in [6, 6.07) is 6.91. The van der Waals surface area contributed by atoms with Gasteiger partial charge in [-0.25, -0.2) is 18.7 Å². The molecular weight excluding hydrogens is 304 g/mol. The van der Waals surface area contributed by atoms with Crippen molar-refractivity contribution >= 4 is 11.6 Å². The summed E-state index contributed by atoms with van der Waals surface area (Å²) in [5.74, 6) is -1.30. The normalized spacial score (nSPS) is 12.2. The van der Waals surface area contributed by atoms with Crippen LogP contribution in [0.15, 0.2) is 36.5 Å². The van der Waals surface area contributed by atoms with E-state index in [0.717, 1.165) is 11.8 Å². The number of rotatable bonds is 4. The van der Waals surface area contributed by atoms with Crippen molar-refractivity contribution in [3.8, 4) is 0 Å². The van der Waals surface area contributed by atoms with Crippen LogP contribution in [0, 0.1) is 18.6 Å². The molecule has 0 amide bonds. The van der Waals surface area contributed by atoms with Gasteiger partial charge in [0.1, 0.15) is 11.9 Å². The second-order valence-corrected chi connectivity index (χ2v) is 4.91. The topological polar surface area (TPSA) is 86.7 Å². The summed E-state index contributed by atoms with van der Waals surface area (Å²) in [6.07, 6.45) is -0.0710. The quantitative estimate of drug-likeness (QED) is 0.688. The molecule has 1 unspecified atom stereocenters. The standard InChI is InChI=1S/C15H13F2N5O/c1-8-7-12(22-21-8)19-11-5-6-18-15(20-11)14(23)9-3-2-4-10(16)13(9)17/h2-7,14,23H,1H3,(H2,18,19,20,21,22). The lowest BCUT2D eigenvalue weighted by molar-refractivity contribution is 0.203. The average molecular weight is 317 g/mol. The number of aliphatic hydroxyl groups is 1. The minimum Gasteiger partial charge on any atom is -0.380 e. The van der Waals surface area contributed by atoms with Gasteiger partial charge in [-0.05, 0) is 19.1 Å². The van der Waals surface area contributed by atoms with Gasteiger partial charge in [-0.3, -0.25) is 5.10 Å². The summed E-state index contributed by atoms with van der Waals surface area (Å²) in [6.45, 7) is 1.85. The Morgan fingerprint density at radius 3 is 2.78 bits per heavy atom. The fourth-order valence-electron chi connectivity index (χ4n) is 2.06. The van der Waals surface area contributed by atoms with Crippen LogP contribution in [-0.2, 0) is 0 Å². The van der Waals surface area contributed by atoms with Crippen molar-refractivity contribution in [3.63, 3.8) is 0 Å². The van der Waals surface area contributed by atoms with E-state index < -0.39 is 17.7 Å². The number of aliphatic hydroxyl groups excluding tert-OH is 1. The van der Waals surface area contributed by atoms with Crippen LogP contribution >= 0.6 is 0 Å². The zero-order valence-corrected chi connectivity index (χ0v) is 12.1. The van der Waals surface area contributed by atoms with E-state index in [0.29, 0.717) is 11.6 Å². The Morgan fingerprint density at radius 1 is 1.22 bits per heavy atom. The maximum atomic E-state index is 13.8. The molecule has 0 saturated heterocycles. The van der Waals surface area contributed by atoms with Gasteiger partial charge >= 0.3 is 0 Å². The zero-order chi connectivity index (χ0) is 16.4. The van der Waals surface area contributed by atoms with E-state index in [1.165, 1.54) is 18.3 Å². The molecule has 0 spiro atoms. The van der Waals surface area contributed by atoms with Crippen LogP contribution in [0.3, 0.4) is 0 Å². The average Bonchev–Trinajstić information content (AvgIpc) is 2.95. The van der Waals surface area contributed by atoms with Crippen LogP contribution in [0.2, 0.25) is 0 Å². The van der Waals surface area contributed by atoms with E-state index in [1.54, 1.807) is 12.1 Å². The molecule has 0 bridgehead atoms. The molecule has 3 N–H and O–H groups in total. The van der Waals surface area contributed by atoms with Crippen LogP contribution in [0.1, 0.15) is 23.2 Å². The van der Waals surface area contributed by atoms with Gasteiger partial charge in [-0.15, -0.1) is 0 Å². The molecule has 0 saturated carbocycles. The van der Waals surface area contributed by atoms with Gasteiger partial charge in [0.05, 0.1) is 0 Å². The Kier molecular flexibility index (Phi) is 3.98. The van der Waals surface area contributed by atoms with E-state index in [-0.39, 0.29) is 11.4 Å². The number of halogens is 2. The number of aromatic nitrogens is 4. The predicted molar refractivity (Wildman–Crippen MR) is 79.1 cm³/mol. The highest BCUT2D eigenvalue weighted by molar-refractivity contribution is 5.51. The van der Waals surface area contributed by atoms with E-state index in [2.05, 4.69) is 25.5 Å². The molecule has 2 heterocycles. The minimum atomic E-state index is -1.48. The first-order valence-corrected chi connectivity index (χ1v) is 6.78. The molecule has 0 radical (unpaired) electrons. The third kappa shape index (κ3) is 3.16. The summed E-state index contributed by atoms with van der Waals surface area (Å²) >= 11 is 0. The molecule has 118 valence electrons. The van der Waals surface area contributed by atoms with Gasteiger partial charge in [-0.1, -0.05) is 12.1 Å². The predicted octanol–water partition coefficient (Wildman–Crippen LogP) is 2.61. The first-order chi connectivity index (χ1) is 11.0. The van der Waals surface area contributed by atoms with Crippen molar-refractivity contribution < 1.29 is 13.9 Å². The fraction of sp³-hybridized carbons (Fsp3) is 0.133. The fourth-order valence-corrected chi connectivity index (χ4v) is 2.06. The van der Waals surface area contributed by atoms with E-state index in [1.807, 2.05) is 6.92 Å². The second kappa shape index (κ2) is 6.09. The lowest BCUT2D eigenvalue weighted by Gasteiger charge is -2.12. The summed E-state index contributed by atoms with van der Waals surface area (Å²) in [7, 11) is 0. The Labute approximate surface area is 130 Å². The maximum Gasteiger partial charge on any atom is 0.165 e. The molecule has 0 aliphatic carbocycles. The maximum absolute atomic E-state index is 13.8. The number of nitrogens with zero attached hydrogens (tertiary/aromatic N) is 3. The number of aromatic amines is 1. The van der Waals surface area contributed by atoms with Crippen LogP contribution in [-0.4, -0.2) is 25.3 Å². The van der Waals surface area contributed by atoms with E-state index >= 15 is 0 Å². The number of aryl methyl sites for hydroxylation is 1. The third-order valence-corrected chi connectivity index (χ3v) is 3.16. The molecule has 0 fully saturated rings. The Bertz CT molecular complexity index is 836.